The third-order valence-corrected chi connectivity index (χ3v) is 4.80. The number of allylic oxidation sites excluding steroid dienone is 1. The number of anilines is 2. The molecule has 0 unspecified atom stereocenters. The number of ether oxygens (including phenoxy) is 1. The molecule has 0 atom stereocenters. The van der Waals surface area contributed by atoms with E-state index in [2.05, 4.69) is 20.3 Å². The summed E-state index contributed by atoms with van der Waals surface area (Å²) in [6.45, 7) is 0. The first-order chi connectivity index (χ1) is 15.1. The first kappa shape index (κ1) is 19.9. The Labute approximate surface area is 178 Å². The quantitative estimate of drug-likeness (QED) is 0.426. The maximum absolute atomic E-state index is 14.5. The third kappa shape index (κ3) is 4.29. The van der Waals surface area contributed by atoms with Crippen LogP contribution < -0.4 is 10.1 Å². The van der Waals surface area contributed by atoms with Gasteiger partial charge in [0.1, 0.15) is 16.6 Å². The van der Waals surface area contributed by atoms with Crippen molar-refractivity contribution in [1.29, 1.82) is 10.5 Å². The normalized spacial score (nSPS) is 10.7. The van der Waals surface area contributed by atoms with Gasteiger partial charge in [-0.05, 0) is 47.4 Å². The maximum Gasteiger partial charge on any atom is 0.233 e. The molecule has 0 amide bonds. The van der Waals surface area contributed by atoms with E-state index in [1.807, 2.05) is 6.07 Å². The van der Waals surface area contributed by atoms with E-state index >= 15 is 0 Å². The van der Waals surface area contributed by atoms with Crippen LogP contribution >= 0.6 is 11.3 Å². The molecule has 0 aliphatic rings. The van der Waals surface area contributed by atoms with Crippen molar-refractivity contribution in [2.75, 3.05) is 5.32 Å². The van der Waals surface area contributed by atoms with Crippen LogP contribution in [-0.4, -0.2) is 15.0 Å². The summed E-state index contributed by atoms with van der Waals surface area (Å²) in [4.78, 5) is 13.1. The maximum atomic E-state index is 14.5. The highest BCUT2D eigenvalue weighted by molar-refractivity contribution is 7.16. The number of nitriles is 2. The number of pyridine rings is 1. The molecule has 1 aromatic carbocycles. The lowest BCUT2D eigenvalue weighted by Gasteiger charge is -2.11. The Kier molecular flexibility index (Phi) is 5.47. The van der Waals surface area contributed by atoms with Gasteiger partial charge in [-0.3, -0.25) is 0 Å². The first-order valence-electron chi connectivity index (χ1n) is 8.69. The van der Waals surface area contributed by atoms with Crippen molar-refractivity contribution >= 4 is 39.3 Å². The van der Waals surface area contributed by atoms with Gasteiger partial charge in [0.15, 0.2) is 11.6 Å². The smallest absolute Gasteiger partial charge is 0.233 e. The van der Waals surface area contributed by atoms with Crippen molar-refractivity contribution in [3.05, 3.63) is 70.9 Å². The third-order valence-electron chi connectivity index (χ3n) is 3.99. The summed E-state index contributed by atoms with van der Waals surface area (Å²) in [5.41, 5.74) is 0.956. The van der Waals surface area contributed by atoms with Crippen LogP contribution in [0.25, 0.3) is 16.3 Å². The Morgan fingerprint density at radius 3 is 2.58 bits per heavy atom. The van der Waals surface area contributed by atoms with Gasteiger partial charge in [-0.25, -0.2) is 18.7 Å². The average molecular weight is 432 g/mol. The van der Waals surface area contributed by atoms with Crippen LogP contribution in [0.3, 0.4) is 0 Å². The van der Waals surface area contributed by atoms with Crippen LogP contribution in [0, 0.1) is 34.3 Å². The molecule has 0 bridgehead atoms. The van der Waals surface area contributed by atoms with Crippen molar-refractivity contribution in [1.82, 2.24) is 15.0 Å². The van der Waals surface area contributed by atoms with Crippen LogP contribution in [-0.2, 0) is 0 Å². The molecular weight excluding hydrogens is 422 g/mol. The number of thiophene rings is 1. The monoisotopic (exact) mass is 432 g/mol. The van der Waals surface area contributed by atoms with E-state index in [0.29, 0.717) is 15.9 Å². The van der Waals surface area contributed by atoms with Gasteiger partial charge in [0.25, 0.3) is 0 Å². The minimum Gasteiger partial charge on any atom is -0.432 e. The summed E-state index contributed by atoms with van der Waals surface area (Å²) in [5, 5.41) is 22.6. The molecule has 0 radical (unpaired) electrons. The van der Waals surface area contributed by atoms with Crippen molar-refractivity contribution in [3.63, 3.8) is 0 Å². The Morgan fingerprint density at radius 1 is 1.10 bits per heavy atom. The fourth-order valence-corrected chi connectivity index (χ4v) is 3.38. The SMILES string of the molecule is N#C/C=C/c1cc(F)c(Oc2nc(Nc3ccc(C#N)nc3)nc3sccc23)c(F)c1. The number of aromatic nitrogens is 3. The van der Waals surface area contributed by atoms with E-state index in [1.54, 1.807) is 23.6 Å². The molecule has 0 saturated heterocycles. The van der Waals surface area contributed by atoms with Gasteiger partial charge in [0.05, 0.1) is 23.3 Å². The second-order valence-electron chi connectivity index (χ2n) is 6.04. The Balaban J connectivity index is 1.69. The highest BCUT2D eigenvalue weighted by Crippen LogP contribution is 2.34. The molecule has 10 heteroatoms. The molecule has 7 nitrogen and oxygen atoms in total. The number of nitrogens with one attached hydrogen (secondary N) is 1. The van der Waals surface area contributed by atoms with Crippen molar-refractivity contribution in [3.8, 4) is 23.8 Å². The van der Waals surface area contributed by atoms with Crippen molar-refractivity contribution < 1.29 is 13.5 Å². The van der Waals surface area contributed by atoms with E-state index in [0.717, 1.165) is 18.2 Å². The lowest BCUT2D eigenvalue weighted by molar-refractivity contribution is 0.399. The van der Waals surface area contributed by atoms with Gasteiger partial charge in [0, 0.05) is 6.08 Å². The van der Waals surface area contributed by atoms with E-state index in [1.165, 1.54) is 29.7 Å². The summed E-state index contributed by atoms with van der Waals surface area (Å²) >= 11 is 1.31. The second kappa shape index (κ2) is 8.53. The Bertz CT molecular complexity index is 1360. The zero-order chi connectivity index (χ0) is 21.8. The fourth-order valence-electron chi connectivity index (χ4n) is 2.63. The van der Waals surface area contributed by atoms with Crippen molar-refractivity contribution in [2.24, 2.45) is 0 Å². The Hall–Kier alpha value is -4.41. The first-order valence-corrected chi connectivity index (χ1v) is 9.57. The summed E-state index contributed by atoms with van der Waals surface area (Å²) in [5.74, 6) is -2.40. The van der Waals surface area contributed by atoms with Crippen molar-refractivity contribution in [2.45, 2.75) is 0 Å². The fraction of sp³-hybridized carbons (Fsp3) is 0. The number of hydrogen-bond acceptors (Lipinski definition) is 8. The number of fused-ring (bicyclic) bond motifs is 1. The number of hydrogen-bond donors (Lipinski definition) is 1. The molecule has 0 spiro atoms. The number of benzene rings is 1. The standard InChI is InChI=1S/C21H10F2N6OS/c22-16-8-12(2-1-6-24)9-17(23)18(16)30-19-15-5-7-31-20(15)29-21(28-19)27-14-4-3-13(10-25)26-11-14/h1-5,7-9,11H,(H,27,28,29)/b2-1+. The van der Waals surface area contributed by atoms with Crippen LogP contribution in [0.2, 0.25) is 0 Å². The molecule has 150 valence electrons. The van der Waals surface area contributed by atoms with Gasteiger partial charge in [-0.15, -0.1) is 11.3 Å². The van der Waals surface area contributed by atoms with E-state index in [9.17, 15) is 8.78 Å². The van der Waals surface area contributed by atoms with Gasteiger partial charge < -0.3 is 10.1 Å². The highest BCUT2D eigenvalue weighted by Gasteiger charge is 2.17. The summed E-state index contributed by atoms with van der Waals surface area (Å²) < 4.78 is 34.5. The zero-order valence-corrected chi connectivity index (χ0v) is 16.3. The molecule has 4 rings (SSSR count). The zero-order valence-electron chi connectivity index (χ0n) is 15.5. The predicted molar refractivity (Wildman–Crippen MR) is 111 cm³/mol. The molecule has 4 aromatic rings. The number of halogens is 2. The minimum absolute atomic E-state index is 0.0338. The van der Waals surface area contributed by atoms with Gasteiger partial charge >= 0.3 is 0 Å². The Morgan fingerprint density at radius 2 is 1.90 bits per heavy atom. The predicted octanol–water partition coefficient (Wildman–Crippen LogP) is 5.31. The molecule has 0 saturated carbocycles. The van der Waals surface area contributed by atoms with Gasteiger partial charge in [-0.2, -0.15) is 15.5 Å². The van der Waals surface area contributed by atoms with Crippen LogP contribution in [0.15, 0.2) is 48.0 Å². The summed E-state index contributed by atoms with van der Waals surface area (Å²) in [7, 11) is 0. The largest absolute Gasteiger partial charge is 0.432 e. The number of rotatable bonds is 5. The summed E-state index contributed by atoms with van der Waals surface area (Å²) in [6.07, 6.45) is 3.84. The molecule has 0 fully saturated rings. The minimum atomic E-state index is -0.939. The molecule has 1 N–H and O–H groups in total. The highest BCUT2D eigenvalue weighted by atomic mass is 32.1. The van der Waals surface area contributed by atoms with E-state index < -0.39 is 17.4 Å². The lowest BCUT2D eigenvalue weighted by Crippen LogP contribution is -2.01. The van der Waals surface area contributed by atoms with E-state index in [-0.39, 0.29) is 23.1 Å². The van der Waals surface area contributed by atoms with E-state index in [4.69, 9.17) is 15.3 Å². The average Bonchev–Trinajstić information content (AvgIpc) is 3.24. The van der Waals surface area contributed by atoms with Crippen LogP contribution in [0.1, 0.15) is 11.3 Å². The topological polar surface area (TPSA) is 108 Å². The lowest BCUT2D eigenvalue weighted by atomic mass is 10.2. The number of nitrogens with zero attached hydrogens (tertiary/aromatic N) is 5. The molecule has 0 aliphatic heterocycles. The van der Waals surface area contributed by atoms with Crippen LogP contribution in [0.5, 0.6) is 11.6 Å². The molecule has 3 aromatic heterocycles. The van der Waals surface area contributed by atoms with Crippen LogP contribution in [0.4, 0.5) is 20.4 Å². The summed E-state index contributed by atoms with van der Waals surface area (Å²) in [6, 6.07) is 10.6. The molecular formula is C21H10F2N6OS. The van der Waals surface area contributed by atoms with Gasteiger partial charge in [-0.1, -0.05) is 0 Å². The second-order valence-corrected chi connectivity index (χ2v) is 6.93. The van der Waals surface area contributed by atoms with Gasteiger partial charge in [0.2, 0.25) is 17.6 Å². The molecule has 0 aliphatic carbocycles. The molecule has 3 heterocycles. The molecule has 31 heavy (non-hydrogen) atoms.